The van der Waals surface area contributed by atoms with Gasteiger partial charge in [0.2, 0.25) is 5.95 Å². The van der Waals surface area contributed by atoms with E-state index in [4.69, 9.17) is 4.98 Å². The Morgan fingerprint density at radius 2 is 1.62 bits per heavy atom. The van der Waals surface area contributed by atoms with Crippen LogP contribution in [-0.2, 0) is 0 Å². The van der Waals surface area contributed by atoms with E-state index >= 15 is 0 Å². The molecule has 0 saturated heterocycles. The highest BCUT2D eigenvalue weighted by Gasteiger charge is 2.15. The minimum atomic E-state index is -0.375. The van der Waals surface area contributed by atoms with Gasteiger partial charge in [-0.15, -0.1) is 22.7 Å². The molecule has 13 heteroatoms. The Morgan fingerprint density at radius 3 is 2.40 bits per heavy atom. The van der Waals surface area contributed by atoms with Crippen molar-refractivity contribution in [1.29, 1.82) is 0 Å². The Hall–Kier alpha value is -5.76. The lowest BCUT2D eigenvalue weighted by Gasteiger charge is -2.19. The second-order valence-corrected chi connectivity index (χ2v) is 14.2. The Morgan fingerprint density at radius 1 is 0.792 bits per heavy atom. The lowest BCUT2D eigenvalue weighted by Crippen LogP contribution is -2.35. The molecule has 4 aromatic heterocycles. The van der Waals surface area contributed by atoms with Gasteiger partial charge in [-0.2, -0.15) is 0 Å². The summed E-state index contributed by atoms with van der Waals surface area (Å²) in [5, 5.41) is 14.1. The number of thiophene rings is 2. The number of carbonyl (C=O) groups excluding carboxylic acids is 3. The van der Waals surface area contributed by atoms with Crippen LogP contribution >= 0.6 is 22.7 Å². The Labute approximate surface area is 316 Å². The van der Waals surface area contributed by atoms with E-state index in [1.165, 1.54) is 23.7 Å². The smallest absolute Gasteiger partial charge is 0.265 e. The molecule has 0 aliphatic rings. The van der Waals surface area contributed by atoms with Crippen LogP contribution in [0.3, 0.4) is 0 Å². The van der Waals surface area contributed by atoms with Crippen molar-refractivity contribution in [2.24, 2.45) is 0 Å². The fraction of sp³-hybridized carbons (Fsp3) is 0.200. The van der Waals surface area contributed by atoms with Crippen molar-refractivity contribution < 1.29 is 14.4 Å². The number of likely N-dealkylation sites (N-methyl/N-ethyl adjacent to an activating group) is 1. The van der Waals surface area contributed by atoms with Crippen LogP contribution in [0, 0.1) is 6.92 Å². The number of aromatic nitrogens is 3. The van der Waals surface area contributed by atoms with Crippen molar-refractivity contribution >= 4 is 63.4 Å². The Kier molecular flexibility index (Phi) is 12.3. The normalized spacial score (nSPS) is 10.9. The van der Waals surface area contributed by atoms with Crippen molar-refractivity contribution in [3.8, 4) is 21.0 Å². The number of carbonyl (C=O) groups is 3. The second-order valence-electron chi connectivity index (χ2n) is 12.1. The van der Waals surface area contributed by atoms with Gasteiger partial charge in [-0.1, -0.05) is 38.1 Å². The minimum absolute atomic E-state index is 0.106. The summed E-state index contributed by atoms with van der Waals surface area (Å²) in [6.45, 7) is 9.56. The first kappa shape index (κ1) is 37.0. The quantitative estimate of drug-likeness (QED) is 0.0823. The van der Waals surface area contributed by atoms with Crippen molar-refractivity contribution in [1.82, 2.24) is 25.2 Å². The number of benzene rings is 2. The minimum Gasteiger partial charge on any atom is -0.351 e. The van der Waals surface area contributed by atoms with Crippen molar-refractivity contribution in [3.05, 3.63) is 124 Å². The molecular weight excluding hydrogens is 705 g/mol. The highest BCUT2D eigenvalue weighted by molar-refractivity contribution is 7.22. The van der Waals surface area contributed by atoms with Crippen LogP contribution < -0.4 is 21.3 Å². The van der Waals surface area contributed by atoms with Gasteiger partial charge >= 0.3 is 0 Å². The summed E-state index contributed by atoms with van der Waals surface area (Å²) >= 11 is 3.03. The third kappa shape index (κ3) is 9.57. The molecule has 11 nitrogen and oxygen atoms in total. The highest BCUT2D eigenvalue weighted by atomic mass is 32.1. The number of rotatable bonds is 15. The van der Waals surface area contributed by atoms with Gasteiger partial charge in [0.25, 0.3) is 17.7 Å². The van der Waals surface area contributed by atoms with Crippen molar-refractivity contribution in [2.75, 3.05) is 42.1 Å². The maximum Gasteiger partial charge on any atom is 0.265 e. The van der Waals surface area contributed by atoms with Crippen LogP contribution in [-0.4, -0.2) is 63.8 Å². The Bertz CT molecular complexity index is 2180. The van der Waals surface area contributed by atoms with Crippen LogP contribution in [0.5, 0.6) is 0 Å². The maximum atomic E-state index is 13.3. The molecule has 0 unspecified atom stereocenters. The molecule has 6 rings (SSSR count). The summed E-state index contributed by atoms with van der Waals surface area (Å²) in [4.78, 5) is 57.3. The van der Waals surface area contributed by atoms with Gasteiger partial charge in [0.15, 0.2) is 0 Å². The zero-order chi connectivity index (χ0) is 37.2. The average Bonchev–Trinajstić information content (AvgIpc) is 3.90. The van der Waals surface area contributed by atoms with E-state index < -0.39 is 0 Å². The van der Waals surface area contributed by atoms with Crippen LogP contribution in [0.25, 0.3) is 21.0 Å². The van der Waals surface area contributed by atoms with Crippen LogP contribution in [0.4, 0.5) is 23.0 Å². The van der Waals surface area contributed by atoms with Crippen molar-refractivity contribution in [3.63, 3.8) is 0 Å². The van der Waals surface area contributed by atoms with Crippen molar-refractivity contribution in [2.45, 2.75) is 27.2 Å². The SMILES string of the molecule is CCCN(CC)CCNC(=O)c1ccc(-c2ccnc(Nc3cccc(NC(=O)c4cncc(NC(=O)c5ccc(-c6cccs6)s5)c4)c3C)n2)cc1. The van der Waals surface area contributed by atoms with Gasteiger partial charge in [-0.3, -0.25) is 19.4 Å². The number of hydrogen-bond donors (Lipinski definition) is 4. The molecule has 4 N–H and O–H groups in total. The lowest BCUT2D eigenvalue weighted by molar-refractivity contribution is 0.0947. The summed E-state index contributed by atoms with van der Waals surface area (Å²) in [5.74, 6) is -0.371. The lowest BCUT2D eigenvalue weighted by atomic mass is 10.1. The molecule has 0 aliphatic heterocycles. The summed E-state index contributed by atoms with van der Waals surface area (Å²) in [7, 11) is 0. The molecule has 0 aliphatic carbocycles. The third-order valence-corrected chi connectivity index (χ3v) is 10.6. The van der Waals surface area contributed by atoms with Gasteiger partial charge in [0.05, 0.1) is 28.0 Å². The highest BCUT2D eigenvalue weighted by Crippen LogP contribution is 2.32. The summed E-state index contributed by atoms with van der Waals surface area (Å²) < 4.78 is 0. The van der Waals surface area contributed by atoms with Crippen LogP contribution in [0.2, 0.25) is 0 Å². The van der Waals surface area contributed by atoms with Crippen LogP contribution in [0.1, 0.15) is 56.2 Å². The molecular formula is C40H40N8O3S2. The zero-order valence-corrected chi connectivity index (χ0v) is 31.3. The summed E-state index contributed by atoms with van der Waals surface area (Å²) in [6, 6.07) is 24.0. The molecule has 0 saturated carbocycles. The van der Waals surface area contributed by atoms with Gasteiger partial charge in [-0.25, -0.2) is 9.97 Å². The second kappa shape index (κ2) is 17.6. The number of pyridine rings is 1. The number of anilines is 4. The predicted molar refractivity (Wildman–Crippen MR) is 214 cm³/mol. The number of nitrogens with zero attached hydrogens (tertiary/aromatic N) is 4. The first-order valence-corrected chi connectivity index (χ1v) is 19.0. The first-order chi connectivity index (χ1) is 25.8. The molecule has 0 spiro atoms. The summed E-state index contributed by atoms with van der Waals surface area (Å²) in [6.07, 6.45) is 5.71. The average molecular weight is 745 g/mol. The number of hydrogen-bond acceptors (Lipinski definition) is 10. The molecule has 0 bridgehead atoms. The fourth-order valence-electron chi connectivity index (χ4n) is 5.60. The molecule has 6 aromatic rings. The number of nitrogens with one attached hydrogen (secondary N) is 4. The van der Waals surface area contributed by atoms with E-state index in [1.54, 1.807) is 47.9 Å². The molecule has 2 aromatic carbocycles. The Balaban J connectivity index is 1.07. The van der Waals surface area contributed by atoms with Gasteiger partial charge in [-0.05, 0) is 92.0 Å². The molecule has 270 valence electrons. The predicted octanol–water partition coefficient (Wildman–Crippen LogP) is 8.35. The van der Waals surface area contributed by atoms with E-state index in [-0.39, 0.29) is 17.7 Å². The topological polar surface area (TPSA) is 141 Å². The molecule has 3 amide bonds. The van der Waals surface area contributed by atoms with Gasteiger partial charge in [0.1, 0.15) is 0 Å². The summed E-state index contributed by atoms with van der Waals surface area (Å²) in [5.41, 5.74) is 4.91. The molecule has 0 atom stereocenters. The van der Waals surface area contributed by atoms with Crippen LogP contribution in [0.15, 0.2) is 103 Å². The molecule has 53 heavy (non-hydrogen) atoms. The third-order valence-electron chi connectivity index (χ3n) is 8.48. The monoisotopic (exact) mass is 744 g/mol. The van der Waals surface area contributed by atoms with E-state index in [0.717, 1.165) is 46.9 Å². The standard InChI is InChI=1S/C40H40N8O3S2/c1-4-20-48(5-2)21-19-42-37(49)28-13-11-27(12-14-28)33-17-18-43-40(47-33)46-32-9-6-8-31(26(32)3)45-38(50)29-23-30(25-41-24-29)44-39(51)36-16-15-35(53-36)34-10-7-22-52-34/h6-18,22-25H,4-5,19-21H2,1-3H3,(H,42,49)(H,44,51)(H,45,50)(H,43,46,47). The zero-order valence-electron chi connectivity index (χ0n) is 29.7. The van der Waals surface area contributed by atoms with Gasteiger partial charge in [0, 0.05) is 57.7 Å². The van der Waals surface area contributed by atoms with E-state index in [0.29, 0.717) is 51.3 Å². The number of amides is 3. The first-order valence-electron chi connectivity index (χ1n) is 17.3. The van der Waals surface area contributed by atoms with E-state index in [1.807, 2.05) is 60.8 Å². The largest absolute Gasteiger partial charge is 0.351 e. The van der Waals surface area contributed by atoms with E-state index in [2.05, 4.69) is 50.0 Å². The molecule has 0 radical (unpaired) electrons. The molecule has 0 fully saturated rings. The van der Waals surface area contributed by atoms with Gasteiger partial charge < -0.3 is 26.2 Å². The van der Waals surface area contributed by atoms with E-state index in [9.17, 15) is 14.4 Å². The maximum absolute atomic E-state index is 13.3. The molecule has 4 heterocycles. The fourth-order valence-corrected chi connectivity index (χ4v) is 7.34.